The van der Waals surface area contributed by atoms with Gasteiger partial charge in [0.25, 0.3) is 5.91 Å². The van der Waals surface area contributed by atoms with Crippen LogP contribution in [-0.2, 0) is 16.1 Å². The first-order valence-corrected chi connectivity index (χ1v) is 8.65. The molecule has 24 heavy (non-hydrogen) atoms. The maximum absolute atomic E-state index is 12.0. The largest absolute Gasteiger partial charge is 0.484 e. The Bertz CT molecular complexity index is 528. The summed E-state index contributed by atoms with van der Waals surface area (Å²) in [7, 11) is 0. The Morgan fingerprint density at radius 2 is 1.96 bits per heavy atom. The van der Waals surface area contributed by atoms with Gasteiger partial charge in [0.15, 0.2) is 6.61 Å². The highest BCUT2D eigenvalue weighted by Gasteiger charge is 2.21. The number of carbonyl (C=O) groups excluding carboxylic acids is 1. The number of carbonyl (C=O) groups is 1. The van der Waals surface area contributed by atoms with Crippen LogP contribution in [0.15, 0.2) is 24.3 Å². The fraction of sp³-hybridized carbons (Fsp3) is 0.611. The van der Waals surface area contributed by atoms with Crippen LogP contribution >= 0.6 is 0 Å². The monoisotopic (exact) mass is 334 g/mol. The lowest BCUT2D eigenvalue weighted by Gasteiger charge is -2.26. The predicted octanol–water partition coefficient (Wildman–Crippen LogP) is 0.738. The van der Waals surface area contributed by atoms with Crippen LogP contribution in [0.4, 0.5) is 0 Å². The van der Waals surface area contributed by atoms with Gasteiger partial charge in [0.05, 0.1) is 13.2 Å². The Hall–Kier alpha value is -1.63. The van der Waals surface area contributed by atoms with Gasteiger partial charge in [-0.15, -0.1) is 0 Å². The summed E-state index contributed by atoms with van der Waals surface area (Å²) in [6.45, 7) is 5.74. The molecule has 1 amide bonds. The highest BCUT2D eigenvalue weighted by atomic mass is 16.5. The van der Waals surface area contributed by atoms with Gasteiger partial charge >= 0.3 is 0 Å². The maximum Gasteiger partial charge on any atom is 0.260 e. The van der Waals surface area contributed by atoms with Crippen LogP contribution in [0, 0.1) is 5.92 Å². The third-order valence-electron chi connectivity index (χ3n) is 4.68. The number of hydrogen-bond donors (Lipinski definition) is 1. The Kier molecular flexibility index (Phi) is 6.07. The smallest absolute Gasteiger partial charge is 0.260 e. The number of hydrogen-bond acceptors (Lipinski definition) is 5. The van der Waals surface area contributed by atoms with Gasteiger partial charge in [0.2, 0.25) is 0 Å². The van der Waals surface area contributed by atoms with E-state index in [0.717, 1.165) is 31.8 Å². The van der Waals surface area contributed by atoms with Gasteiger partial charge < -0.3 is 19.5 Å². The van der Waals surface area contributed by atoms with Gasteiger partial charge in [0.1, 0.15) is 5.75 Å². The molecule has 6 heteroatoms. The van der Waals surface area contributed by atoms with Gasteiger partial charge in [-0.05, 0) is 36.6 Å². The molecule has 1 N–H and O–H groups in total. The Morgan fingerprint density at radius 1 is 1.21 bits per heavy atom. The molecule has 0 radical (unpaired) electrons. The molecule has 2 aliphatic heterocycles. The Balaban J connectivity index is 1.43. The van der Waals surface area contributed by atoms with Crippen molar-refractivity contribution < 1.29 is 19.4 Å². The summed E-state index contributed by atoms with van der Waals surface area (Å²) in [6.07, 6.45) is 1.07. The summed E-state index contributed by atoms with van der Waals surface area (Å²) in [5.74, 6) is 1.14. The summed E-state index contributed by atoms with van der Waals surface area (Å²) >= 11 is 0. The normalized spacial score (nSPS) is 21.9. The number of likely N-dealkylation sites (tertiary alicyclic amines) is 1. The molecule has 0 aromatic heterocycles. The zero-order valence-electron chi connectivity index (χ0n) is 14.0. The van der Waals surface area contributed by atoms with Gasteiger partial charge in [-0.2, -0.15) is 0 Å². The highest BCUT2D eigenvalue weighted by Crippen LogP contribution is 2.19. The number of morpholine rings is 1. The zero-order chi connectivity index (χ0) is 16.8. The minimum Gasteiger partial charge on any atom is -0.484 e. The van der Waals surface area contributed by atoms with Crippen molar-refractivity contribution in [1.82, 2.24) is 9.80 Å². The molecule has 1 aromatic carbocycles. The number of aliphatic hydroxyl groups excluding tert-OH is 1. The van der Waals surface area contributed by atoms with Crippen LogP contribution in [0.3, 0.4) is 0 Å². The van der Waals surface area contributed by atoms with Crippen molar-refractivity contribution in [3.63, 3.8) is 0 Å². The molecule has 0 bridgehead atoms. The summed E-state index contributed by atoms with van der Waals surface area (Å²) in [5, 5.41) is 9.20. The fourth-order valence-corrected chi connectivity index (χ4v) is 3.20. The quantitative estimate of drug-likeness (QED) is 0.831. The molecule has 0 aliphatic carbocycles. The topological polar surface area (TPSA) is 62.2 Å². The van der Waals surface area contributed by atoms with Crippen LogP contribution in [0.2, 0.25) is 0 Å². The highest BCUT2D eigenvalue weighted by molar-refractivity contribution is 5.77. The second kappa shape index (κ2) is 8.46. The fourth-order valence-electron chi connectivity index (χ4n) is 3.20. The Labute approximate surface area is 143 Å². The van der Waals surface area contributed by atoms with Gasteiger partial charge in [-0.3, -0.25) is 9.69 Å². The van der Waals surface area contributed by atoms with Crippen molar-refractivity contribution in [2.75, 3.05) is 52.6 Å². The lowest BCUT2D eigenvalue weighted by Crippen LogP contribution is -2.42. The van der Waals surface area contributed by atoms with E-state index in [-0.39, 0.29) is 19.1 Å². The molecule has 1 atom stereocenters. The van der Waals surface area contributed by atoms with Crippen molar-refractivity contribution in [3.8, 4) is 5.75 Å². The predicted molar refractivity (Wildman–Crippen MR) is 89.8 cm³/mol. The molecule has 6 nitrogen and oxygen atoms in total. The van der Waals surface area contributed by atoms with Crippen LogP contribution in [0.1, 0.15) is 12.0 Å². The second-order valence-electron chi connectivity index (χ2n) is 6.50. The van der Waals surface area contributed by atoms with E-state index >= 15 is 0 Å². The summed E-state index contributed by atoms with van der Waals surface area (Å²) in [6, 6.07) is 7.92. The SMILES string of the molecule is O=C(COc1ccc(CN2CC[C@H](CO)C2)cc1)N1CCOCC1. The molecule has 132 valence electrons. The maximum atomic E-state index is 12.0. The van der Waals surface area contributed by atoms with E-state index in [2.05, 4.69) is 4.90 Å². The van der Waals surface area contributed by atoms with Crippen molar-refractivity contribution in [2.45, 2.75) is 13.0 Å². The second-order valence-corrected chi connectivity index (χ2v) is 6.50. The van der Waals surface area contributed by atoms with Crippen molar-refractivity contribution in [1.29, 1.82) is 0 Å². The molecular formula is C18H26N2O4. The number of amides is 1. The van der Waals surface area contributed by atoms with Crippen molar-refractivity contribution in [2.24, 2.45) is 5.92 Å². The first-order valence-electron chi connectivity index (χ1n) is 8.65. The summed E-state index contributed by atoms with van der Waals surface area (Å²) in [4.78, 5) is 16.2. The van der Waals surface area contributed by atoms with Crippen LogP contribution < -0.4 is 4.74 Å². The first kappa shape index (κ1) is 17.2. The molecule has 1 aromatic rings. The minimum absolute atomic E-state index is 0.00879. The standard InChI is InChI=1S/C18H26N2O4/c21-13-16-5-6-19(12-16)11-15-1-3-17(4-2-15)24-14-18(22)20-7-9-23-10-8-20/h1-4,16,21H,5-14H2/t16-/m0/s1. The lowest BCUT2D eigenvalue weighted by atomic mass is 10.1. The number of benzene rings is 1. The summed E-state index contributed by atoms with van der Waals surface area (Å²) in [5.41, 5.74) is 1.22. The zero-order valence-corrected chi connectivity index (χ0v) is 14.0. The number of aliphatic hydroxyl groups is 1. The van der Waals surface area contributed by atoms with E-state index in [1.54, 1.807) is 4.90 Å². The van der Waals surface area contributed by atoms with Crippen LogP contribution in [0.25, 0.3) is 0 Å². The lowest BCUT2D eigenvalue weighted by molar-refractivity contribution is -0.137. The van der Waals surface area contributed by atoms with E-state index < -0.39 is 0 Å². The molecule has 0 unspecified atom stereocenters. The third-order valence-corrected chi connectivity index (χ3v) is 4.68. The average molecular weight is 334 g/mol. The number of ether oxygens (including phenoxy) is 2. The molecular weight excluding hydrogens is 308 g/mol. The average Bonchev–Trinajstić information content (AvgIpc) is 3.09. The van der Waals surface area contributed by atoms with Crippen LogP contribution in [-0.4, -0.2) is 73.4 Å². The van der Waals surface area contributed by atoms with E-state index in [1.165, 1.54) is 5.56 Å². The molecule has 2 fully saturated rings. The minimum atomic E-state index is 0.00879. The number of nitrogens with zero attached hydrogens (tertiary/aromatic N) is 2. The van der Waals surface area contributed by atoms with E-state index in [1.807, 2.05) is 24.3 Å². The molecule has 0 spiro atoms. The van der Waals surface area contributed by atoms with E-state index in [4.69, 9.17) is 9.47 Å². The third kappa shape index (κ3) is 4.69. The van der Waals surface area contributed by atoms with E-state index in [0.29, 0.717) is 32.2 Å². The van der Waals surface area contributed by atoms with Crippen molar-refractivity contribution >= 4 is 5.91 Å². The van der Waals surface area contributed by atoms with Gasteiger partial charge in [-0.1, -0.05) is 12.1 Å². The first-order chi connectivity index (χ1) is 11.7. The molecule has 0 saturated carbocycles. The van der Waals surface area contributed by atoms with Gasteiger partial charge in [-0.25, -0.2) is 0 Å². The molecule has 3 rings (SSSR count). The van der Waals surface area contributed by atoms with Gasteiger partial charge in [0, 0.05) is 32.8 Å². The van der Waals surface area contributed by atoms with Crippen molar-refractivity contribution in [3.05, 3.63) is 29.8 Å². The molecule has 2 aliphatic rings. The Morgan fingerprint density at radius 3 is 2.62 bits per heavy atom. The molecule has 2 heterocycles. The summed E-state index contributed by atoms with van der Waals surface area (Å²) < 4.78 is 10.8. The van der Waals surface area contributed by atoms with E-state index in [9.17, 15) is 9.90 Å². The van der Waals surface area contributed by atoms with Crippen LogP contribution in [0.5, 0.6) is 5.75 Å². The molecule has 2 saturated heterocycles. The number of rotatable bonds is 6.